The predicted molar refractivity (Wildman–Crippen MR) is 73.4 cm³/mol. The molecule has 0 aliphatic rings. The number of aromatic nitrogens is 1. The number of nitrogens with two attached hydrogens (primary N) is 1. The molecule has 1 aromatic rings. The minimum absolute atomic E-state index is 0.0666. The molecule has 1 heterocycles. The van der Waals surface area contributed by atoms with E-state index in [1.807, 2.05) is 0 Å². The van der Waals surface area contributed by atoms with Crippen LogP contribution >= 0.6 is 0 Å². The first-order chi connectivity index (χ1) is 9.94. The molecule has 21 heavy (non-hydrogen) atoms. The molecule has 0 radical (unpaired) electrons. The largest absolute Gasteiger partial charge is 0.468 e. The number of anilines is 1. The fourth-order valence-corrected chi connectivity index (χ4v) is 1.71. The van der Waals surface area contributed by atoms with Crippen LogP contribution in [0.3, 0.4) is 0 Å². The van der Waals surface area contributed by atoms with Gasteiger partial charge < -0.3 is 20.5 Å². The molecule has 0 aromatic carbocycles. The highest BCUT2D eigenvalue weighted by Crippen LogP contribution is 2.18. The highest BCUT2D eigenvalue weighted by molar-refractivity contribution is 5.43. The standard InChI is InChI=1S/C13H20F3N3O2/c1-20-8-11(3-2-6-17)19-10-4-5-12(18-7-10)21-9-13(14,15)16/h4-5,7,11,19H,2-3,6,8-9,17H2,1H3. The third kappa shape index (κ3) is 7.72. The van der Waals surface area contributed by atoms with Gasteiger partial charge in [0.15, 0.2) is 6.61 Å². The molecule has 1 atom stereocenters. The minimum atomic E-state index is -4.37. The summed E-state index contributed by atoms with van der Waals surface area (Å²) in [6.07, 6.45) is -1.26. The SMILES string of the molecule is COCC(CCCN)Nc1ccc(OCC(F)(F)F)nc1. The van der Waals surface area contributed by atoms with E-state index >= 15 is 0 Å². The van der Waals surface area contributed by atoms with Crippen molar-refractivity contribution in [2.75, 3.05) is 32.2 Å². The zero-order valence-corrected chi connectivity index (χ0v) is 11.8. The molecule has 0 bridgehead atoms. The van der Waals surface area contributed by atoms with Crippen LogP contribution in [0.1, 0.15) is 12.8 Å². The number of pyridine rings is 1. The molecular formula is C13H20F3N3O2. The Bertz CT molecular complexity index is 399. The molecule has 5 nitrogen and oxygen atoms in total. The molecule has 1 rings (SSSR count). The van der Waals surface area contributed by atoms with E-state index in [0.29, 0.717) is 18.8 Å². The Morgan fingerprint density at radius 2 is 2.14 bits per heavy atom. The molecule has 3 N–H and O–H groups in total. The monoisotopic (exact) mass is 307 g/mol. The van der Waals surface area contributed by atoms with Crippen LogP contribution < -0.4 is 15.8 Å². The Hall–Kier alpha value is -1.54. The van der Waals surface area contributed by atoms with Gasteiger partial charge in [-0.15, -0.1) is 0 Å². The predicted octanol–water partition coefficient (Wildman–Crippen LogP) is 2.19. The Morgan fingerprint density at radius 1 is 1.38 bits per heavy atom. The number of rotatable bonds is 9. The summed E-state index contributed by atoms with van der Waals surface area (Å²) in [6, 6.07) is 3.08. The molecule has 1 unspecified atom stereocenters. The van der Waals surface area contributed by atoms with Gasteiger partial charge in [-0.3, -0.25) is 0 Å². The normalized spacial score (nSPS) is 13.0. The summed E-state index contributed by atoms with van der Waals surface area (Å²) in [7, 11) is 1.60. The van der Waals surface area contributed by atoms with Gasteiger partial charge >= 0.3 is 6.18 Å². The van der Waals surface area contributed by atoms with Crippen molar-refractivity contribution in [1.29, 1.82) is 0 Å². The van der Waals surface area contributed by atoms with Gasteiger partial charge in [0, 0.05) is 19.2 Å². The molecular weight excluding hydrogens is 287 g/mol. The van der Waals surface area contributed by atoms with E-state index < -0.39 is 12.8 Å². The van der Waals surface area contributed by atoms with Gasteiger partial charge in [-0.1, -0.05) is 0 Å². The second-order valence-corrected chi connectivity index (χ2v) is 4.52. The van der Waals surface area contributed by atoms with E-state index in [2.05, 4.69) is 15.0 Å². The molecule has 0 amide bonds. The maximum atomic E-state index is 12.0. The van der Waals surface area contributed by atoms with Gasteiger partial charge in [0.1, 0.15) is 0 Å². The molecule has 1 aromatic heterocycles. The molecule has 0 saturated heterocycles. The van der Waals surface area contributed by atoms with Gasteiger partial charge in [0.2, 0.25) is 5.88 Å². The lowest BCUT2D eigenvalue weighted by atomic mass is 10.1. The summed E-state index contributed by atoms with van der Waals surface area (Å²) < 4.78 is 45.7. The third-order valence-corrected chi connectivity index (χ3v) is 2.62. The maximum absolute atomic E-state index is 12.0. The molecule has 120 valence electrons. The fourth-order valence-electron chi connectivity index (χ4n) is 1.71. The van der Waals surface area contributed by atoms with Crippen LogP contribution in [0.25, 0.3) is 0 Å². The van der Waals surface area contributed by atoms with E-state index in [4.69, 9.17) is 10.5 Å². The lowest BCUT2D eigenvalue weighted by Gasteiger charge is -2.18. The van der Waals surface area contributed by atoms with Crippen LogP contribution in [-0.4, -0.2) is 44.1 Å². The first-order valence-corrected chi connectivity index (χ1v) is 6.55. The van der Waals surface area contributed by atoms with Crippen molar-refractivity contribution in [2.24, 2.45) is 5.73 Å². The number of ether oxygens (including phenoxy) is 2. The minimum Gasteiger partial charge on any atom is -0.468 e. The van der Waals surface area contributed by atoms with Gasteiger partial charge in [-0.25, -0.2) is 4.98 Å². The summed E-state index contributed by atoms with van der Waals surface area (Å²) in [5.41, 5.74) is 6.15. The second kappa shape index (κ2) is 8.68. The molecule has 0 aliphatic carbocycles. The zero-order chi connectivity index (χ0) is 15.7. The molecule has 8 heteroatoms. The number of hydrogen-bond acceptors (Lipinski definition) is 5. The van der Waals surface area contributed by atoms with Crippen LogP contribution in [-0.2, 0) is 4.74 Å². The van der Waals surface area contributed by atoms with Crippen molar-refractivity contribution in [1.82, 2.24) is 4.98 Å². The van der Waals surface area contributed by atoms with E-state index in [9.17, 15) is 13.2 Å². The summed E-state index contributed by atoms with van der Waals surface area (Å²) in [4.78, 5) is 3.82. The number of nitrogens with one attached hydrogen (secondary N) is 1. The molecule has 0 fully saturated rings. The number of alkyl halides is 3. The number of hydrogen-bond donors (Lipinski definition) is 2. The lowest BCUT2D eigenvalue weighted by molar-refractivity contribution is -0.154. The van der Waals surface area contributed by atoms with Gasteiger partial charge in [-0.05, 0) is 25.5 Å². The van der Waals surface area contributed by atoms with Crippen LogP contribution in [0.2, 0.25) is 0 Å². The molecule has 0 saturated carbocycles. The van der Waals surface area contributed by atoms with Crippen LogP contribution in [0.15, 0.2) is 18.3 Å². The van der Waals surface area contributed by atoms with Gasteiger partial charge in [0.25, 0.3) is 0 Å². The van der Waals surface area contributed by atoms with E-state index in [-0.39, 0.29) is 11.9 Å². The quantitative estimate of drug-likeness (QED) is 0.732. The summed E-state index contributed by atoms with van der Waals surface area (Å²) >= 11 is 0. The molecule has 0 aliphatic heterocycles. The Morgan fingerprint density at radius 3 is 2.67 bits per heavy atom. The summed E-state index contributed by atoms with van der Waals surface area (Å²) in [6.45, 7) is -0.258. The van der Waals surface area contributed by atoms with Crippen molar-refractivity contribution in [3.63, 3.8) is 0 Å². The number of halogens is 3. The van der Waals surface area contributed by atoms with Crippen molar-refractivity contribution in [3.05, 3.63) is 18.3 Å². The van der Waals surface area contributed by atoms with E-state index in [1.54, 1.807) is 13.2 Å². The smallest absolute Gasteiger partial charge is 0.422 e. The topological polar surface area (TPSA) is 69.4 Å². The van der Waals surface area contributed by atoms with Crippen LogP contribution in [0, 0.1) is 0 Å². The number of methoxy groups -OCH3 is 1. The fraction of sp³-hybridized carbons (Fsp3) is 0.615. The maximum Gasteiger partial charge on any atom is 0.422 e. The highest BCUT2D eigenvalue weighted by atomic mass is 19.4. The van der Waals surface area contributed by atoms with Gasteiger partial charge in [-0.2, -0.15) is 13.2 Å². The lowest BCUT2D eigenvalue weighted by Crippen LogP contribution is -2.26. The van der Waals surface area contributed by atoms with E-state index in [0.717, 1.165) is 12.8 Å². The first kappa shape index (κ1) is 17.5. The van der Waals surface area contributed by atoms with Gasteiger partial charge in [0.05, 0.1) is 18.5 Å². The Kier molecular flexibility index (Phi) is 7.24. The first-order valence-electron chi connectivity index (χ1n) is 6.55. The molecule has 0 spiro atoms. The average Bonchev–Trinajstić information content (AvgIpc) is 2.43. The Labute approximate surface area is 121 Å². The van der Waals surface area contributed by atoms with Crippen molar-refractivity contribution in [3.8, 4) is 5.88 Å². The van der Waals surface area contributed by atoms with Crippen molar-refractivity contribution < 1.29 is 22.6 Å². The van der Waals surface area contributed by atoms with Crippen molar-refractivity contribution in [2.45, 2.75) is 25.1 Å². The summed E-state index contributed by atoms with van der Waals surface area (Å²) in [5.74, 6) is -0.0666. The van der Waals surface area contributed by atoms with Crippen LogP contribution in [0.4, 0.5) is 18.9 Å². The van der Waals surface area contributed by atoms with Crippen molar-refractivity contribution >= 4 is 5.69 Å². The third-order valence-electron chi connectivity index (χ3n) is 2.62. The average molecular weight is 307 g/mol. The van der Waals surface area contributed by atoms with E-state index in [1.165, 1.54) is 12.3 Å². The number of nitrogens with zero attached hydrogens (tertiary/aromatic N) is 1. The Balaban J connectivity index is 2.51. The second-order valence-electron chi connectivity index (χ2n) is 4.52. The zero-order valence-electron chi connectivity index (χ0n) is 11.8. The summed E-state index contributed by atoms with van der Waals surface area (Å²) in [5, 5.41) is 3.19. The van der Waals surface area contributed by atoms with Crippen LogP contribution in [0.5, 0.6) is 5.88 Å². The highest BCUT2D eigenvalue weighted by Gasteiger charge is 2.28.